The molecule has 0 fully saturated rings. The Hall–Kier alpha value is -0.940. The molecule has 0 aliphatic rings. The fourth-order valence-corrected chi connectivity index (χ4v) is 2.18. The molecule has 0 atom stereocenters. The summed E-state index contributed by atoms with van der Waals surface area (Å²) in [4.78, 5) is 4.15. The SMILES string of the molecule is CC(C)c1ccc(CN)c(S(C)(=O)=O)n1. The molecule has 1 aromatic heterocycles. The molecule has 1 aromatic rings. The fraction of sp³-hybridized carbons (Fsp3) is 0.500. The second-order valence-corrected chi connectivity index (χ2v) is 5.76. The Morgan fingerprint density at radius 3 is 2.40 bits per heavy atom. The molecular formula is C10H16N2O2S. The summed E-state index contributed by atoms with van der Waals surface area (Å²) in [7, 11) is -3.29. The minimum Gasteiger partial charge on any atom is -0.326 e. The van der Waals surface area contributed by atoms with Gasteiger partial charge >= 0.3 is 0 Å². The van der Waals surface area contributed by atoms with Gasteiger partial charge in [-0.05, 0) is 12.0 Å². The predicted octanol–water partition coefficient (Wildman–Crippen LogP) is 1.07. The molecule has 2 N–H and O–H groups in total. The second kappa shape index (κ2) is 4.28. The average Bonchev–Trinajstić information content (AvgIpc) is 2.15. The van der Waals surface area contributed by atoms with Crippen LogP contribution in [0.2, 0.25) is 0 Å². The Morgan fingerprint density at radius 2 is 2.00 bits per heavy atom. The zero-order chi connectivity index (χ0) is 11.6. The van der Waals surface area contributed by atoms with E-state index in [9.17, 15) is 8.42 Å². The summed E-state index contributed by atoms with van der Waals surface area (Å²) in [6.45, 7) is 4.13. The largest absolute Gasteiger partial charge is 0.326 e. The van der Waals surface area contributed by atoms with Gasteiger partial charge in [-0.1, -0.05) is 19.9 Å². The number of pyridine rings is 1. The monoisotopic (exact) mass is 228 g/mol. The first-order valence-corrected chi connectivity index (χ1v) is 6.65. The fourth-order valence-electron chi connectivity index (χ4n) is 1.28. The molecule has 0 saturated carbocycles. The maximum atomic E-state index is 11.5. The molecule has 0 unspecified atom stereocenters. The third kappa shape index (κ3) is 2.76. The van der Waals surface area contributed by atoms with Crippen molar-refractivity contribution in [2.45, 2.75) is 31.3 Å². The van der Waals surface area contributed by atoms with Gasteiger partial charge in [0.15, 0.2) is 14.9 Å². The van der Waals surface area contributed by atoms with Gasteiger partial charge in [0.25, 0.3) is 0 Å². The summed E-state index contributed by atoms with van der Waals surface area (Å²) in [5.74, 6) is 0.206. The van der Waals surface area contributed by atoms with Gasteiger partial charge in [-0.25, -0.2) is 13.4 Å². The van der Waals surface area contributed by atoms with E-state index >= 15 is 0 Å². The molecule has 1 heterocycles. The summed E-state index contributed by atoms with van der Waals surface area (Å²) in [5, 5.41) is 0.108. The first kappa shape index (κ1) is 12.1. The summed E-state index contributed by atoms with van der Waals surface area (Å²) in [6.07, 6.45) is 1.15. The van der Waals surface area contributed by atoms with Crippen LogP contribution in [0.3, 0.4) is 0 Å². The van der Waals surface area contributed by atoms with Crippen LogP contribution in [0.5, 0.6) is 0 Å². The number of sulfone groups is 1. The first-order chi connectivity index (χ1) is 6.86. The molecule has 5 heteroatoms. The molecule has 0 amide bonds. The van der Waals surface area contributed by atoms with Crippen LogP contribution in [0.4, 0.5) is 0 Å². The quantitative estimate of drug-likeness (QED) is 0.839. The second-order valence-electron chi connectivity index (χ2n) is 3.83. The first-order valence-electron chi connectivity index (χ1n) is 4.76. The lowest BCUT2D eigenvalue weighted by Crippen LogP contribution is -2.11. The number of rotatable bonds is 3. The number of aromatic nitrogens is 1. The van der Waals surface area contributed by atoms with E-state index in [1.165, 1.54) is 0 Å². The van der Waals surface area contributed by atoms with Gasteiger partial charge in [0.2, 0.25) is 0 Å². The Labute approximate surface area is 90.4 Å². The van der Waals surface area contributed by atoms with Gasteiger partial charge in [0, 0.05) is 24.1 Å². The van der Waals surface area contributed by atoms with Gasteiger partial charge in [0.05, 0.1) is 0 Å². The van der Waals surface area contributed by atoms with Crippen molar-refractivity contribution in [1.29, 1.82) is 0 Å². The van der Waals surface area contributed by atoms with E-state index in [1.54, 1.807) is 6.07 Å². The standard InChI is InChI=1S/C10H16N2O2S/c1-7(2)9-5-4-8(6-11)10(12-9)15(3,13)14/h4-5,7H,6,11H2,1-3H3. The highest BCUT2D eigenvalue weighted by atomic mass is 32.2. The number of hydrogen-bond donors (Lipinski definition) is 1. The number of nitrogens with zero attached hydrogens (tertiary/aromatic N) is 1. The third-order valence-electron chi connectivity index (χ3n) is 2.12. The van der Waals surface area contributed by atoms with Crippen LogP contribution in [0.25, 0.3) is 0 Å². The van der Waals surface area contributed by atoms with Crippen molar-refractivity contribution in [2.24, 2.45) is 5.73 Å². The predicted molar refractivity (Wildman–Crippen MR) is 59.3 cm³/mol. The van der Waals surface area contributed by atoms with Gasteiger partial charge in [-0.15, -0.1) is 0 Å². The van der Waals surface area contributed by atoms with Crippen LogP contribution in [0.15, 0.2) is 17.2 Å². The Bertz CT molecular complexity index is 452. The Morgan fingerprint density at radius 1 is 1.40 bits per heavy atom. The summed E-state index contributed by atoms with van der Waals surface area (Å²) in [5.41, 5.74) is 6.81. The minimum absolute atomic E-state index is 0.108. The zero-order valence-electron chi connectivity index (χ0n) is 9.19. The number of hydrogen-bond acceptors (Lipinski definition) is 4. The zero-order valence-corrected chi connectivity index (χ0v) is 10.0. The topological polar surface area (TPSA) is 73.1 Å². The number of nitrogens with two attached hydrogens (primary N) is 1. The summed E-state index contributed by atoms with van der Waals surface area (Å²) < 4.78 is 22.9. The van der Waals surface area contributed by atoms with Gasteiger partial charge < -0.3 is 5.73 Å². The van der Waals surface area contributed by atoms with E-state index in [0.717, 1.165) is 11.9 Å². The van der Waals surface area contributed by atoms with E-state index in [0.29, 0.717) is 5.56 Å². The normalized spacial score (nSPS) is 12.1. The van der Waals surface area contributed by atoms with Gasteiger partial charge in [0.1, 0.15) is 0 Å². The van der Waals surface area contributed by atoms with Crippen LogP contribution in [0.1, 0.15) is 31.0 Å². The van der Waals surface area contributed by atoms with E-state index < -0.39 is 9.84 Å². The van der Waals surface area contributed by atoms with Crippen molar-refractivity contribution in [3.63, 3.8) is 0 Å². The van der Waals surface area contributed by atoms with Crippen molar-refractivity contribution >= 4 is 9.84 Å². The lowest BCUT2D eigenvalue weighted by molar-refractivity contribution is 0.595. The van der Waals surface area contributed by atoms with Crippen LogP contribution in [-0.4, -0.2) is 19.7 Å². The van der Waals surface area contributed by atoms with Gasteiger partial charge in [-0.3, -0.25) is 0 Å². The summed E-state index contributed by atoms with van der Waals surface area (Å²) >= 11 is 0. The molecule has 0 bridgehead atoms. The third-order valence-corrected chi connectivity index (χ3v) is 3.18. The van der Waals surface area contributed by atoms with Crippen LogP contribution < -0.4 is 5.73 Å². The molecule has 0 aliphatic carbocycles. The van der Waals surface area contributed by atoms with Crippen molar-refractivity contribution in [2.75, 3.05) is 6.26 Å². The van der Waals surface area contributed by atoms with Crippen molar-refractivity contribution in [1.82, 2.24) is 4.98 Å². The maximum absolute atomic E-state index is 11.5. The lowest BCUT2D eigenvalue weighted by atomic mass is 10.1. The lowest BCUT2D eigenvalue weighted by Gasteiger charge is -2.09. The average molecular weight is 228 g/mol. The van der Waals surface area contributed by atoms with Crippen molar-refractivity contribution in [3.05, 3.63) is 23.4 Å². The van der Waals surface area contributed by atoms with Crippen LogP contribution in [-0.2, 0) is 16.4 Å². The highest BCUT2D eigenvalue weighted by molar-refractivity contribution is 7.90. The molecule has 15 heavy (non-hydrogen) atoms. The van der Waals surface area contributed by atoms with E-state index in [4.69, 9.17) is 5.73 Å². The molecule has 84 valence electrons. The van der Waals surface area contributed by atoms with Crippen LogP contribution >= 0.6 is 0 Å². The molecule has 0 aliphatic heterocycles. The Kier molecular flexibility index (Phi) is 3.46. The molecule has 0 radical (unpaired) electrons. The highest BCUT2D eigenvalue weighted by Crippen LogP contribution is 2.18. The van der Waals surface area contributed by atoms with E-state index in [-0.39, 0.29) is 17.5 Å². The Balaban J connectivity index is 3.39. The molecule has 4 nitrogen and oxygen atoms in total. The highest BCUT2D eigenvalue weighted by Gasteiger charge is 2.15. The minimum atomic E-state index is -3.29. The smallest absolute Gasteiger partial charge is 0.193 e. The maximum Gasteiger partial charge on any atom is 0.193 e. The van der Waals surface area contributed by atoms with Crippen LogP contribution in [0, 0.1) is 0 Å². The molecule has 0 aromatic carbocycles. The van der Waals surface area contributed by atoms with Crippen molar-refractivity contribution in [3.8, 4) is 0 Å². The van der Waals surface area contributed by atoms with Gasteiger partial charge in [-0.2, -0.15) is 0 Å². The van der Waals surface area contributed by atoms with Crippen molar-refractivity contribution < 1.29 is 8.42 Å². The van der Waals surface area contributed by atoms with E-state index in [2.05, 4.69) is 4.98 Å². The molecule has 1 rings (SSSR count). The molecular weight excluding hydrogens is 212 g/mol. The summed E-state index contributed by atoms with van der Waals surface area (Å²) in [6, 6.07) is 3.56. The molecule has 0 spiro atoms. The molecule has 0 saturated heterocycles. The van der Waals surface area contributed by atoms with E-state index in [1.807, 2.05) is 19.9 Å².